The summed E-state index contributed by atoms with van der Waals surface area (Å²) in [4.78, 5) is 39.0. The van der Waals surface area contributed by atoms with Gasteiger partial charge in [-0.3, -0.25) is 19.8 Å². The van der Waals surface area contributed by atoms with Crippen molar-refractivity contribution in [2.24, 2.45) is 11.8 Å². The second kappa shape index (κ2) is 6.20. The summed E-state index contributed by atoms with van der Waals surface area (Å²) in [5.74, 6) is -4.34. The topological polar surface area (TPSA) is 95.9 Å². The van der Waals surface area contributed by atoms with Gasteiger partial charge in [-0.1, -0.05) is 12.1 Å². The fourth-order valence-corrected chi connectivity index (χ4v) is 3.94. The number of likely N-dealkylation sites (tertiary alicyclic amines) is 1. The minimum absolute atomic E-state index is 0.156. The third-order valence-electron chi connectivity index (χ3n) is 5.07. The van der Waals surface area contributed by atoms with Crippen LogP contribution in [0.1, 0.15) is 18.5 Å². The van der Waals surface area contributed by atoms with Gasteiger partial charge in [-0.05, 0) is 24.6 Å². The van der Waals surface area contributed by atoms with Crippen LogP contribution in [-0.4, -0.2) is 53.6 Å². The standard InChI is InChI=1S/C17H19FN2O5/c1-3-20-14(22)11-12(15(20)23)17(8-21,16(24)25-2)19-13(11)9-5-4-6-10(18)7-9/h4-7,11-13,19,21H,3,8H2,1-2H3. The maximum atomic E-state index is 13.6. The van der Waals surface area contributed by atoms with E-state index in [2.05, 4.69) is 5.32 Å². The van der Waals surface area contributed by atoms with E-state index in [-0.39, 0.29) is 6.54 Å². The molecule has 2 aliphatic heterocycles. The predicted molar refractivity (Wildman–Crippen MR) is 83.5 cm³/mol. The zero-order valence-electron chi connectivity index (χ0n) is 13.9. The van der Waals surface area contributed by atoms with Gasteiger partial charge in [0.25, 0.3) is 0 Å². The molecule has 4 atom stereocenters. The van der Waals surface area contributed by atoms with Crippen molar-refractivity contribution in [3.8, 4) is 0 Å². The molecule has 2 fully saturated rings. The maximum Gasteiger partial charge on any atom is 0.329 e. The summed E-state index contributed by atoms with van der Waals surface area (Å²) in [5, 5.41) is 12.8. The summed E-state index contributed by atoms with van der Waals surface area (Å²) in [7, 11) is 1.14. The van der Waals surface area contributed by atoms with Crippen LogP contribution in [0.5, 0.6) is 0 Å². The molecule has 0 spiro atoms. The van der Waals surface area contributed by atoms with Gasteiger partial charge < -0.3 is 9.84 Å². The molecule has 1 aromatic carbocycles. The van der Waals surface area contributed by atoms with Gasteiger partial charge in [0.05, 0.1) is 25.6 Å². The molecule has 134 valence electrons. The number of nitrogens with one attached hydrogen (secondary N) is 1. The molecule has 0 aliphatic carbocycles. The molecule has 1 aromatic rings. The monoisotopic (exact) mass is 350 g/mol. The van der Waals surface area contributed by atoms with E-state index >= 15 is 0 Å². The quantitative estimate of drug-likeness (QED) is 0.586. The molecule has 0 bridgehead atoms. The summed E-state index contributed by atoms with van der Waals surface area (Å²) >= 11 is 0. The van der Waals surface area contributed by atoms with Crippen LogP contribution in [0.3, 0.4) is 0 Å². The average molecular weight is 350 g/mol. The Kier molecular flexibility index (Phi) is 4.34. The second-order valence-electron chi connectivity index (χ2n) is 6.22. The highest BCUT2D eigenvalue weighted by atomic mass is 19.1. The first kappa shape index (κ1) is 17.5. The molecule has 4 unspecified atom stereocenters. The van der Waals surface area contributed by atoms with Gasteiger partial charge in [0.1, 0.15) is 5.82 Å². The molecule has 7 nitrogen and oxygen atoms in total. The molecular weight excluding hydrogens is 331 g/mol. The summed E-state index contributed by atoms with van der Waals surface area (Å²) < 4.78 is 18.4. The van der Waals surface area contributed by atoms with E-state index in [9.17, 15) is 23.9 Å². The van der Waals surface area contributed by atoms with Crippen molar-refractivity contribution in [1.82, 2.24) is 10.2 Å². The van der Waals surface area contributed by atoms with Gasteiger partial charge in [0, 0.05) is 12.6 Å². The molecule has 0 radical (unpaired) electrons. The molecule has 2 saturated heterocycles. The van der Waals surface area contributed by atoms with E-state index < -0.39 is 53.6 Å². The number of aliphatic hydroxyl groups is 1. The fraction of sp³-hybridized carbons (Fsp3) is 0.471. The Hall–Kier alpha value is -2.32. The van der Waals surface area contributed by atoms with Crippen molar-refractivity contribution in [3.63, 3.8) is 0 Å². The van der Waals surface area contributed by atoms with Gasteiger partial charge >= 0.3 is 5.97 Å². The number of amides is 2. The third-order valence-corrected chi connectivity index (χ3v) is 5.07. The number of carbonyl (C=O) groups excluding carboxylic acids is 3. The smallest absolute Gasteiger partial charge is 0.329 e. The Bertz CT molecular complexity index is 740. The number of ether oxygens (including phenoxy) is 1. The lowest BCUT2D eigenvalue weighted by molar-refractivity contribution is -0.156. The second-order valence-corrected chi connectivity index (χ2v) is 6.22. The molecular formula is C17H19FN2O5. The van der Waals surface area contributed by atoms with Crippen LogP contribution < -0.4 is 5.32 Å². The number of hydrogen-bond donors (Lipinski definition) is 2. The Morgan fingerprint density at radius 3 is 2.68 bits per heavy atom. The van der Waals surface area contributed by atoms with E-state index in [4.69, 9.17) is 4.74 Å². The molecule has 0 saturated carbocycles. The minimum Gasteiger partial charge on any atom is -0.468 e. The third kappa shape index (κ3) is 2.36. The lowest BCUT2D eigenvalue weighted by Gasteiger charge is -2.30. The predicted octanol–water partition coefficient (Wildman–Crippen LogP) is -0.00480. The minimum atomic E-state index is -1.74. The van der Waals surface area contributed by atoms with Crippen LogP contribution in [0.4, 0.5) is 4.39 Å². The van der Waals surface area contributed by atoms with Gasteiger partial charge in [-0.2, -0.15) is 0 Å². The lowest BCUT2D eigenvalue weighted by atomic mass is 9.79. The summed E-state index contributed by atoms with van der Waals surface area (Å²) in [6, 6.07) is 4.80. The number of imide groups is 1. The number of carbonyl (C=O) groups is 3. The van der Waals surface area contributed by atoms with Crippen molar-refractivity contribution >= 4 is 17.8 Å². The van der Waals surface area contributed by atoms with Crippen LogP contribution >= 0.6 is 0 Å². The van der Waals surface area contributed by atoms with E-state index in [0.29, 0.717) is 5.56 Å². The van der Waals surface area contributed by atoms with Crippen LogP contribution in [0.2, 0.25) is 0 Å². The number of aliphatic hydroxyl groups excluding tert-OH is 1. The first-order chi connectivity index (χ1) is 11.9. The number of nitrogens with zero attached hydrogens (tertiary/aromatic N) is 1. The van der Waals surface area contributed by atoms with E-state index in [1.54, 1.807) is 13.0 Å². The largest absolute Gasteiger partial charge is 0.468 e. The zero-order valence-corrected chi connectivity index (χ0v) is 13.9. The lowest BCUT2D eigenvalue weighted by Crippen LogP contribution is -2.58. The average Bonchev–Trinajstić information content (AvgIpc) is 3.09. The van der Waals surface area contributed by atoms with Crippen LogP contribution in [0.15, 0.2) is 24.3 Å². The van der Waals surface area contributed by atoms with Crippen molar-refractivity contribution in [2.45, 2.75) is 18.5 Å². The number of methoxy groups -OCH3 is 1. The SMILES string of the molecule is CCN1C(=O)C2C(c3cccc(F)c3)NC(CO)(C(=O)OC)C2C1=O. The molecule has 2 N–H and O–H groups in total. The Morgan fingerprint density at radius 1 is 1.40 bits per heavy atom. The maximum absolute atomic E-state index is 13.6. The van der Waals surface area contributed by atoms with Crippen molar-refractivity contribution < 1.29 is 28.6 Å². The number of rotatable bonds is 4. The molecule has 0 aromatic heterocycles. The Morgan fingerprint density at radius 2 is 2.12 bits per heavy atom. The fourth-order valence-electron chi connectivity index (χ4n) is 3.94. The van der Waals surface area contributed by atoms with Crippen molar-refractivity contribution in [3.05, 3.63) is 35.6 Å². The molecule has 2 amide bonds. The molecule has 25 heavy (non-hydrogen) atoms. The first-order valence-corrected chi connectivity index (χ1v) is 7.99. The van der Waals surface area contributed by atoms with Crippen LogP contribution in [-0.2, 0) is 19.1 Å². The summed E-state index contributed by atoms with van der Waals surface area (Å²) in [5.41, 5.74) is -1.32. The van der Waals surface area contributed by atoms with Gasteiger partial charge in [-0.15, -0.1) is 0 Å². The van der Waals surface area contributed by atoms with Crippen molar-refractivity contribution in [1.29, 1.82) is 0 Å². The highest BCUT2D eigenvalue weighted by molar-refractivity contribution is 6.09. The number of hydrogen-bond acceptors (Lipinski definition) is 6. The summed E-state index contributed by atoms with van der Waals surface area (Å²) in [6.07, 6.45) is 0. The number of benzene rings is 1. The number of fused-ring (bicyclic) bond motifs is 1. The molecule has 2 aliphatic rings. The highest BCUT2D eigenvalue weighted by Crippen LogP contribution is 2.48. The molecule has 2 heterocycles. The Labute approximate surface area is 143 Å². The first-order valence-electron chi connectivity index (χ1n) is 7.99. The van der Waals surface area contributed by atoms with Crippen LogP contribution in [0, 0.1) is 17.7 Å². The molecule has 3 rings (SSSR count). The van der Waals surface area contributed by atoms with Crippen molar-refractivity contribution in [2.75, 3.05) is 20.3 Å². The number of esters is 1. The normalized spacial score (nSPS) is 31.4. The van der Waals surface area contributed by atoms with Gasteiger partial charge in [0.15, 0.2) is 5.54 Å². The van der Waals surface area contributed by atoms with E-state index in [1.807, 2.05) is 0 Å². The summed E-state index contributed by atoms with van der Waals surface area (Å²) in [6.45, 7) is 1.09. The highest BCUT2D eigenvalue weighted by Gasteiger charge is 2.68. The van der Waals surface area contributed by atoms with E-state index in [1.165, 1.54) is 18.2 Å². The zero-order chi connectivity index (χ0) is 18.4. The van der Waals surface area contributed by atoms with Gasteiger partial charge in [-0.25, -0.2) is 9.18 Å². The Balaban J connectivity index is 2.15. The number of halogens is 1. The van der Waals surface area contributed by atoms with E-state index in [0.717, 1.165) is 12.0 Å². The van der Waals surface area contributed by atoms with Crippen LogP contribution in [0.25, 0.3) is 0 Å². The van der Waals surface area contributed by atoms with Gasteiger partial charge in [0.2, 0.25) is 11.8 Å². The molecule has 8 heteroatoms.